The van der Waals surface area contributed by atoms with E-state index in [0.29, 0.717) is 5.92 Å². The van der Waals surface area contributed by atoms with Crippen LogP contribution in [0.15, 0.2) is 30.3 Å². The first kappa shape index (κ1) is 14.7. The van der Waals surface area contributed by atoms with Crippen LogP contribution in [0.4, 0.5) is 0 Å². The highest BCUT2D eigenvalue weighted by molar-refractivity contribution is 7.84. The maximum atomic E-state index is 12.3. The largest absolute Gasteiger partial charge is 0.393 e. The first-order valence-corrected chi connectivity index (χ1v) is 7.94. The Morgan fingerprint density at radius 1 is 1.26 bits per heavy atom. The van der Waals surface area contributed by atoms with Crippen LogP contribution in [0.5, 0.6) is 0 Å². The topological polar surface area (TPSA) is 49.3 Å². The fourth-order valence-electron chi connectivity index (χ4n) is 2.29. The van der Waals surface area contributed by atoms with Crippen LogP contribution < -0.4 is 4.72 Å². The summed E-state index contributed by atoms with van der Waals surface area (Å²) in [5, 5.41) is 9.50. The molecule has 1 unspecified atom stereocenters. The zero-order valence-corrected chi connectivity index (χ0v) is 12.6. The van der Waals surface area contributed by atoms with E-state index in [9.17, 15) is 9.32 Å². The second kappa shape index (κ2) is 5.73. The van der Waals surface area contributed by atoms with Gasteiger partial charge in [-0.1, -0.05) is 30.3 Å². The molecule has 0 spiro atoms. The van der Waals surface area contributed by atoms with Crippen molar-refractivity contribution < 1.29 is 9.32 Å². The van der Waals surface area contributed by atoms with Crippen LogP contribution in [0.3, 0.4) is 0 Å². The van der Waals surface area contributed by atoms with Gasteiger partial charge in [-0.25, -0.2) is 8.93 Å². The third-order valence-corrected chi connectivity index (χ3v) is 5.15. The summed E-state index contributed by atoms with van der Waals surface area (Å²) in [7, 11) is -1.10. The van der Waals surface area contributed by atoms with Gasteiger partial charge in [-0.15, -0.1) is 0 Å². The summed E-state index contributed by atoms with van der Waals surface area (Å²) >= 11 is 0. The van der Waals surface area contributed by atoms with Crippen molar-refractivity contribution in [3.63, 3.8) is 0 Å². The van der Waals surface area contributed by atoms with Gasteiger partial charge in [0.15, 0.2) is 0 Å². The Hall–Kier alpha value is -0.710. The number of hydrogen-bond acceptors (Lipinski definition) is 2. The lowest BCUT2D eigenvalue weighted by Crippen LogP contribution is -2.43. The third kappa shape index (κ3) is 3.65. The Morgan fingerprint density at radius 3 is 2.32 bits per heavy atom. The Morgan fingerprint density at radius 2 is 1.84 bits per heavy atom. The summed E-state index contributed by atoms with van der Waals surface area (Å²) in [5.74, 6) is 0.365. The second-order valence-corrected chi connectivity index (χ2v) is 8.27. The Bertz CT molecular complexity index is 435. The minimum absolute atomic E-state index is 0.0599. The summed E-state index contributed by atoms with van der Waals surface area (Å²) in [6.07, 6.45) is 1.38. The molecule has 2 rings (SSSR count). The van der Waals surface area contributed by atoms with Crippen LogP contribution in [0.2, 0.25) is 0 Å². The van der Waals surface area contributed by atoms with Crippen LogP contribution in [0.1, 0.15) is 45.2 Å². The fourth-order valence-corrected chi connectivity index (χ4v) is 3.20. The van der Waals surface area contributed by atoms with Crippen molar-refractivity contribution >= 4 is 11.0 Å². The Kier molecular flexibility index (Phi) is 4.43. The van der Waals surface area contributed by atoms with E-state index in [1.54, 1.807) is 0 Å². The van der Waals surface area contributed by atoms with Gasteiger partial charge in [-0.2, -0.15) is 0 Å². The van der Waals surface area contributed by atoms with Crippen molar-refractivity contribution in [2.24, 2.45) is 5.92 Å². The van der Waals surface area contributed by atoms with Crippen molar-refractivity contribution in [3.8, 4) is 0 Å². The molecule has 2 atom stereocenters. The molecule has 0 aromatic heterocycles. The lowest BCUT2D eigenvalue weighted by Gasteiger charge is -2.39. The molecule has 19 heavy (non-hydrogen) atoms. The molecule has 0 heterocycles. The van der Waals surface area contributed by atoms with Crippen LogP contribution >= 0.6 is 0 Å². The standard InChI is InChI=1S/C15H23NO2S/c1-15(2,3)19(18)16-14(12-9-13(17)10-12)11-7-5-4-6-8-11/h4-8,12-14,16-17H,9-10H2,1-3H3/t12?,13?,14?,19-/m0/s1. The van der Waals surface area contributed by atoms with Gasteiger partial charge in [0.05, 0.1) is 21.8 Å². The molecule has 0 amide bonds. The van der Waals surface area contributed by atoms with Gasteiger partial charge in [-0.05, 0) is 45.1 Å². The van der Waals surface area contributed by atoms with E-state index in [-0.39, 0.29) is 16.9 Å². The number of aliphatic hydroxyl groups excluding tert-OH is 1. The molecule has 0 saturated heterocycles. The molecule has 1 aliphatic carbocycles. The summed E-state index contributed by atoms with van der Waals surface area (Å²) in [4.78, 5) is 0. The smallest absolute Gasteiger partial charge is 0.0976 e. The predicted octanol–water partition coefficient (Wildman–Crippen LogP) is 2.55. The quantitative estimate of drug-likeness (QED) is 0.891. The Balaban J connectivity index is 2.14. The number of rotatable bonds is 4. The van der Waals surface area contributed by atoms with Gasteiger partial charge in [0.1, 0.15) is 0 Å². The Labute approximate surface area is 118 Å². The van der Waals surface area contributed by atoms with Crippen LogP contribution in [0, 0.1) is 5.92 Å². The zero-order chi connectivity index (χ0) is 14.0. The summed E-state index contributed by atoms with van der Waals surface area (Å²) in [6, 6.07) is 10.2. The highest BCUT2D eigenvalue weighted by Crippen LogP contribution is 2.38. The number of aliphatic hydroxyl groups is 1. The fraction of sp³-hybridized carbons (Fsp3) is 0.600. The van der Waals surface area contributed by atoms with E-state index in [1.807, 2.05) is 39.0 Å². The average Bonchev–Trinajstić information content (AvgIpc) is 2.32. The summed E-state index contributed by atoms with van der Waals surface area (Å²) in [5.41, 5.74) is 1.15. The first-order chi connectivity index (χ1) is 8.88. The summed E-state index contributed by atoms with van der Waals surface area (Å²) in [6.45, 7) is 5.90. The maximum absolute atomic E-state index is 12.3. The SMILES string of the molecule is CC(C)(C)[S@](=O)NC(c1ccccc1)C1CC(O)C1. The molecular formula is C15H23NO2S. The molecule has 1 aromatic rings. The molecule has 106 valence electrons. The summed E-state index contributed by atoms with van der Waals surface area (Å²) < 4.78 is 15.3. The predicted molar refractivity (Wildman–Crippen MR) is 78.9 cm³/mol. The van der Waals surface area contributed by atoms with Crippen molar-refractivity contribution in [3.05, 3.63) is 35.9 Å². The molecule has 0 bridgehead atoms. The number of hydrogen-bond donors (Lipinski definition) is 2. The average molecular weight is 281 g/mol. The van der Waals surface area contributed by atoms with E-state index in [4.69, 9.17) is 0 Å². The minimum Gasteiger partial charge on any atom is -0.393 e. The third-order valence-electron chi connectivity index (χ3n) is 3.57. The highest BCUT2D eigenvalue weighted by Gasteiger charge is 2.36. The number of benzene rings is 1. The lowest BCUT2D eigenvalue weighted by atomic mass is 9.75. The van der Waals surface area contributed by atoms with Gasteiger partial charge >= 0.3 is 0 Å². The van der Waals surface area contributed by atoms with Gasteiger partial charge in [0, 0.05) is 6.04 Å². The lowest BCUT2D eigenvalue weighted by molar-refractivity contribution is 0.0282. The van der Waals surface area contributed by atoms with Gasteiger partial charge in [-0.3, -0.25) is 0 Å². The minimum atomic E-state index is -1.10. The molecule has 0 aliphatic heterocycles. The van der Waals surface area contributed by atoms with E-state index < -0.39 is 11.0 Å². The molecule has 1 fully saturated rings. The first-order valence-electron chi connectivity index (χ1n) is 6.79. The van der Waals surface area contributed by atoms with Crippen molar-refractivity contribution in [2.75, 3.05) is 0 Å². The van der Waals surface area contributed by atoms with E-state index in [0.717, 1.165) is 18.4 Å². The molecule has 1 aromatic carbocycles. The molecule has 1 saturated carbocycles. The van der Waals surface area contributed by atoms with Gasteiger partial charge in [0.25, 0.3) is 0 Å². The molecule has 1 aliphatic rings. The van der Waals surface area contributed by atoms with Crippen LogP contribution in [0.25, 0.3) is 0 Å². The van der Waals surface area contributed by atoms with Crippen LogP contribution in [-0.4, -0.2) is 20.2 Å². The van der Waals surface area contributed by atoms with Crippen molar-refractivity contribution in [1.82, 2.24) is 4.72 Å². The molecule has 0 radical (unpaired) electrons. The molecule has 3 nitrogen and oxygen atoms in total. The van der Waals surface area contributed by atoms with Gasteiger partial charge in [0.2, 0.25) is 0 Å². The van der Waals surface area contributed by atoms with Crippen molar-refractivity contribution in [2.45, 2.75) is 50.5 Å². The number of nitrogens with one attached hydrogen (secondary N) is 1. The molecule has 4 heteroatoms. The van der Waals surface area contributed by atoms with E-state index in [1.165, 1.54) is 0 Å². The monoisotopic (exact) mass is 281 g/mol. The van der Waals surface area contributed by atoms with Crippen molar-refractivity contribution in [1.29, 1.82) is 0 Å². The van der Waals surface area contributed by atoms with Gasteiger partial charge < -0.3 is 5.11 Å². The zero-order valence-electron chi connectivity index (χ0n) is 11.8. The molecule has 2 N–H and O–H groups in total. The normalized spacial score (nSPS) is 26.5. The second-order valence-electron chi connectivity index (χ2n) is 6.27. The van der Waals surface area contributed by atoms with E-state index >= 15 is 0 Å². The van der Waals surface area contributed by atoms with E-state index in [2.05, 4.69) is 16.9 Å². The molecular weight excluding hydrogens is 258 g/mol. The maximum Gasteiger partial charge on any atom is 0.0976 e. The van der Waals surface area contributed by atoms with Crippen LogP contribution in [-0.2, 0) is 11.0 Å². The highest BCUT2D eigenvalue weighted by atomic mass is 32.2.